The average molecular weight is 791 g/mol. The number of benzene rings is 7. The summed E-state index contributed by atoms with van der Waals surface area (Å²) in [5.41, 5.74) is 7.27. The number of rotatable bonds is 4. The summed E-state index contributed by atoms with van der Waals surface area (Å²) < 4.78 is 50.0. The van der Waals surface area contributed by atoms with E-state index in [1.54, 1.807) is 18.2 Å². The Balaban J connectivity index is 1.48. The molecule has 0 atom stereocenters. The fourth-order valence-corrected chi connectivity index (χ4v) is 8.78. The second kappa shape index (κ2) is 13.8. The van der Waals surface area contributed by atoms with Crippen LogP contribution in [-0.2, 0) is 17.0 Å². The van der Waals surface area contributed by atoms with Crippen molar-refractivity contribution < 1.29 is 13.2 Å². The Hall–Kier alpha value is -7.09. The van der Waals surface area contributed by atoms with Crippen molar-refractivity contribution >= 4 is 43.6 Å². The largest absolute Gasteiger partial charge is 0.417 e. The molecule has 0 aliphatic rings. The van der Waals surface area contributed by atoms with Crippen molar-refractivity contribution in [1.82, 2.24) is 9.13 Å². The van der Waals surface area contributed by atoms with Crippen molar-refractivity contribution in [2.75, 3.05) is 0 Å². The average Bonchev–Trinajstić information content (AvgIpc) is 3.74. The number of fused-ring (bicyclic) bond motifs is 6. The van der Waals surface area contributed by atoms with Crippen LogP contribution in [0.1, 0.15) is 69.4 Å². The summed E-state index contributed by atoms with van der Waals surface area (Å²) >= 11 is 0. The number of nitrogens with zero attached hydrogens (tertiary/aromatic N) is 4. The second-order valence-corrected chi connectivity index (χ2v) is 17.6. The van der Waals surface area contributed by atoms with E-state index in [0.29, 0.717) is 28.1 Å². The van der Waals surface area contributed by atoms with E-state index in [9.17, 15) is 10.5 Å². The Morgan fingerprint density at radius 2 is 0.950 bits per heavy atom. The van der Waals surface area contributed by atoms with Crippen LogP contribution in [0.4, 0.5) is 13.2 Å². The van der Waals surface area contributed by atoms with Crippen LogP contribution < -0.4 is 0 Å². The first-order valence-electron chi connectivity index (χ1n) is 20.0. The zero-order chi connectivity index (χ0) is 42.3. The van der Waals surface area contributed by atoms with Crippen LogP contribution in [0.15, 0.2) is 140 Å². The smallest absolute Gasteiger partial charge is 0.309 e. The van der Waals surface area contributed by atoms with Crippen LogP contribution in [0.3, 0.4) is 0 Å². The van der Waals surface area contributed by atoms with Crippen molar-refractivity contribution in [2.24, 2.45) is 0 Å². The molecule has 2 aromatic heterocycles. The lowest BCUT2D eigenvalue weighted by Gasteiger charge is -2.24. The Labute approximate surface area is 347 Å². The summed E-state index contributed by atoms with van der Waals surface area (Å²) in [4.78, 5) is 0. The van der Waals surface area contributed by atoms with Gasteiger partial charge in [0.1, 0.15) is 0 Å². The predicted molar refractivity (Wildman–Crippen MR) is 238 cm³/mol. The topological polar surface area (TPSA) is 57.4 Å². The van der Waals surface area contributed by atoms with E-state index in [4.69, 9.17) is 0 Å². The zero-order valence-electron chi connectivity index (χ0n) is 34.2. The van der Waals surface area contributed by atoms with Gasteiger partial charge in [-0.3, -0.25) is 0 Å². The fourth-order valence-electron chi connectivity index (χ4n) is 8.78. The first-order chi connectivity index (χ1) is 28.6. The Bertz CT molecular complexity index is 3300. The highest BCUT2D eigenvalue weighted by atomic mass is 19.4. The van der Waals surface area contributed by atoms with Gasteiger partial charge in [0, 0.05) is 32.7 Å². The quantitative estimate of drug-likeness (QED) is 0.178. The molecule has 9 rings (SSSR count). The van der Waals surface area contributed by atoms with E-state index in [1.807, 2.05) is 60.7 Å². The molecule has 0 saturated carbocycles. The molecule has 0 aliphatic carbocycles. The van der Waals surface area contributed by atoms with Gasteiger partial charge in [-0.1, -0.05) is 114 Å². The van der Waals surface area contributed by atoms with Crippen molar-refractivity contribution in [3.8, 4) is 45.8 Å². The van der Waals surface area contributed by atoms with Crippen molar-refractivity contribution in [1.29, 1.82) is 10.5 Å². The first-order valence-corrected chi connectivity index (χ1v) is 20.0. The van der Waals surface area contributed by atoms with Crippen LogP contribution in [0.2, 0.25) is 0 Å². The fraction of sp³-hybridized carbons (Fsp3) is 0.170. The van der Waals surface area contributed by atoms with Crippen molar-refractivity contribution in [3.63, 3.8) is 0 Å². The molecule has 0 bridgehead atoms. The van der Waals surface area contributed by atoms with E-state index < -0.39 is 11.7 Å². The van der Waals surface area contributed by atoms with Gasteiger partial charge in [0.05, 0.1) is 62.3 Å². The third-order valence-electron chi connectivity index (χ3n) is 11.8. The molecule has 7 aromatic carbocycles. The monoisotopic (exact) mass is 790 g/mol. The molecular formula is C53H41F3N4. The number of hydrogen-bond donors (Lipinski definition) is 0. The van der Waals surface area contributed by atoms with Gasteiger partial charge in [-0.2, -0.15) is 23.7 Å². The maximum atomic E-state index is 15.3. The molecule has 4 nitrogen and oxygen atoms in total. The van der Waals surface area contributed by atoms with E-state index in [-0.39, 0.29) is 27.5 Å². The number of halogens is 3. The van der Waals surface area contributed by atoms with E-state index in [0.717, 1.165) is 60.8 Å². The van der Waals surface area contributed by atoms with Gasteiger partial charge in [0.15, 0.2) is 0 Å². The molecule has 294 valence electrons. The highest BCUT2D eigenvalue weighted by Crippen LogP contribution is 2.49. The molecule has 9 aromatic rings. The number of nitriles is 2. The highest BCUT2D eigenvalue weighted by Gasteiger charge is 2.36. The molecule has 60 heavy (non-hydrogen) atoms. The van der Waals surface area contributed by atoms with Gasteiger partial charge in [-0.25, -0.2) is 0 Å². The normalized spacial score (nSPS) is 12.4. The van der Waals surface area contributed by atoms with Crippen molar-refractivity contribution in [2.45, 2.75) is 58.5 Å². The molecule has 0 fully saturated rings. The third-order valence-corrected chi connectivity index (χ3v) is 11.8. The minimum Gasteiger partial charge on any atom is -0.309 e. The molecule has 2 heterocycles. The Kier molecular flexibility index (Phi) is 8.81. The summed E-state index contributed by atoms with van der Waals surface area (Å²) in [6, 6.07) is 48.0. The third kappa shape index (κ3) is 6.12. The van der Waals surface area contributed by atoms with Crippen LogP contribution in [0.25, 0.3) is 77.2 Å². The summed E-state index contributed by atoms with van der Waals surface area (Å²) in [6.45, 7) is 13.0. The lowest BCUT2D eigenvalue weighted by Crippen LogP contribution is -2.11. The van der Waals surface area contributed by atoms with Crippen LogP contribution in [0.5, 0.6) is 0 Å². The molecule has 7 heteroatoms. The SMILES string of the molecule is CC(C)(C)c1ccc2c(c1)c1ccccc1n2-c1cccc(C#N)c1-c1c(-c2ccc(C#N)cc2C(F)(F)F)cccc1-n1c2ccccc2c2cc(C(C)(C)C)ccc21. The van der Waals surface area contributed by atoms with Crippen molar-refractivity contribution in [3.05, 3.63) is 167 Å². The lowest BCUT2D eigenvalue weighted by molar-refractivity contribution is -0.137. The molecule has 0 aliphatic heterocycles. The summed E-state index contributed by atoms with van der Waals surface area (Å²) in [7, 11) is 0. The summed E-state index contributed by atoms with van der Waals surface area (Å²) in [5.74, 6) is 0. The van der Waals surface area contributed by atoms with E-state index in [2.05, 4.69) is 105 Å². The number of hydrogen-bond acceptors (Lipinski definition) is 2. The minimum atomic E-state index is -4.79. The van der Waals surface area contributed by atoms with Gasteiger partial charge in [-0.15, -0.1) is 0 Å². The van der Waals surface area contributed by atoms with Crippen LogP contribution in [-0.4, -0.2) is 9.13 Å². The van der Waals surface area contributed by atoms with E-state index >= 15 is 13.2 Å². The highest BCUT2D eigenvalue weighted by molar-refractivity contribution is 6.12. The number of para-hydroxylation sites is 2. The zero-order valence-corrected chi connectivity index (χ0v) is 34.2. The molecular weight excluding hydrogens is 750 g/mol. The minimum absolute atomic E-state index is 0.0927. The standard InChI is InChI=1S/C53H41F3N4/c1-51(2,3)34-22-25-45-40(28-34)37-14-7-9-17-43(37)59(45)47-19-11-13-33(31-58)49(47)50-39(36-24-21-32(30-57)27-42(36)53(54,55)56)16-12-20-48(50)60-44-18-10-8-15-38(44)41-29-35(52(4,5)6)23-26-46(41)60/h7-29H,1-6H3. The first kappa shape index (κ1) is 38.4. The lowest BCUT2D eigenvalue weighted by atomic mass is 9.86. The molecule has 0 amide bonds. The molecule has 0 N–H and O–H groups in total. The van der Waals surface area contributed by atoms with E-state index in [1.165, 1.54) is 12.1 Å². The van der Waals surface area contributed by atoms with Crippen LogP contribution in [0, 0.1) is 22.7 Å². The van der Waals surface area contributed by atoms with Gasteiger partial charge in [-0.05, 0) is 99.8 Å². The Morgan fingerprint density at radius 1 is 0.450 bits per heavy atom. The number of alkyl halides is 3. The molecule has 0 spiro atoms. The molecule has 0 saturated heterocycles. The van der Waals surface area contributed by atoms with Gasteiger partial charge in [0.2, 0.25) is 0 Å². The maximum absolute atomic E-state index is 15.3. The number of aromatic nitrogens is 2. The summed E-state index contributed by atoms with van der Waals surface area (Å²) in [6.07, 6.45) is -4.79. The van der Waals surface area contributed by atoms with Gasteiger partial charge < -0.3 is 9.13 Å². The van der Waals surface area contributed by atoms with Gasteiger partial charge >= 0.3 is 6.18 Å². The summed E-state index contributed by atoms with van der Waals surface area (Å²) in [5, 5.41) is 24.9. The Morgan fingerprint density at radius 3 is 1.45 bits per heavy atom. The molecule has 0 radical (unpaired) electrons. The molecule has 0 unspecified atom stereocenters. The van der Waals surface area contributed by atoms with Crippen LogP contribution >= 0.6 is 0 Å². The maximum Gasteiger partial charge on any atom is 0.417 e. The second-order valence-electron chi connectivity index (χ2n) is 17.6. The van der Waals surface area contributed by atoms with Gasteiger partial charge in [0.25, 0.3) is 0 Å². The predicted octanol–water partition coefficient (Wildman–Crippen LogP) is 14.6.